The van der Waals surface area contributed by atoms with Gasteiger partial charge < -0.3 is 10.5 Å². The molecule has 0 aromatic carbocycles. The number of rotatable bonds is 4. The average Bonchev–Trinajstić information content (AvgIpc) is 1.97. The highest BCUT2D eigenvalue weighted by atomic mass is 32.1. The highest BCUT2D eigenvalue weighted by Crippen LogP contribution is 1.73. The molecule has 0 heterocycles. The molecule has 0 spiro atoms. The molecule has 0 aliphatic carbocycles. The molecule has 0 aliphatic heterocycles. The van der Waals surface area contributed by atoms with Gasteiger partial charge >= 0.3 is 0 Å². The molecule has 11 heavy (non-hydrogen) atoms. The summed E-state index contributed by atoms with van der Waals surface area (Å²) in [6.45, 7) is 0.138. The van der Waals surface area contributed by atoms with E-state index in [9.17, 15) is 4.79 Å². The third-order valence-electron chi connectivity index (χ3n) is 0.738. The maximum atomic E-state index is 10.2. The van der Waals surface area contributed by atoms with Gasteiger partial charge in [-0.15, -0.1) is 0 Å². The Hall–Kier alpha value is -1.01. The Bertz CT molecular complexity index is 181. The van der Waals surface area contributed by atoms with Crippen LogP contribution in [0, 0.1) is 0 Å². The number of aldehydes is 1. The van der Waals surface area contributed by atoms with Gasteiger partial charge in [0.2, 0.25) is 0 Å². The van der Waals surface area contributed by atoms with E-state index in [0.29, 0.717) is 6.29 Å². The lowest BCUT2D eigenvalue weighted by molar-refractivity contribution is -0.103. The summed E-state index contributed by atoms with van der Waals surface area (Å²) < 4.78 is 4.64. The van der Waals surface area contributed by atoms with Crippen LogP contribution in [0.15, 0.2) is 5.10 Å². The van der Waals surface area contributed by atoms with Gasteiger partial charge in [-0.3, -0.25) is 10.2 Å². The lowest BCUT2D eigenvalue weighted by Gasteiger charge is -1.97. The number of nitrogens with two attached hydrogens (primary N) is 1. The molecule has 5 nitrogen and oxygen atoms in total. The smallest absolute Gasteiger partial charge is 0.184 e. The minimum absolute atomic E-state index is 0.0143. The Balaban J connectivity index is 3.90. The summed E-state index contributed by atoms with van der Waals surface area (Å²) in [4.78, 5) is 10.2. The van der Waals surface area contributed by atoms with Crippen molar-refractivity contribution in [2.75, 3.05) is 13.7 Å². The van der Waals surface area contributed by atoms with Gasteiger partial charge in [0.25, 0.3) is 0 Å². The molecule has 0 aliphatic rings. The topological polar surface area (TPSA) is 76.7 Å². The number of hydrogen-bond acceptors (Lipinski definition) is 4. The van der Waals surface area contributed by atoms with E-state index in [4.69, 9.17) is 5.73 Å². The lowest BCUT2D eigenvalue weighted by Crippen LogP contribution is -2.26. The third-order valence-corrected chi connectivity index (χ3v) is 0.829. The number of nitrogens with zero attached hydrogens (tertiary/aromatic N) is 1. The Morgan fingerprint density at radius 1 is 1.91 bits per heavy atom. The minimum atomic E-state index is 0.0143. The second-order valence-electron chi connectivity index (χ2n) is 1.63. The monoisotopic (exact) mass is 175 g/mol. The highest BCUT2D eigenvalue weighted by molar-refractivity contribution is 7.80. The van der Waals surface area contributed by atoms with Gasteiger partial charge in [0.05, 0.1) is 6.61 Å². The minimum Gasteiger partial charge on any atom is -0.378 e. The van der Waals surface area contributed by atoms with Crippen molar-refractivity contribution < 1.29 is 9.53 Å². The van der Waals surface area contributed by atoms with Gasteiger partial charge in [-0.25, -0.2) is 0 Å². The van der Waals surface area contributed by atoms with E-state index in [1.165, 1.54) is 7.11 Å². The number of hydrazone groups is 1. The first kappa shape index (κ1) is 9.99. The fourth-order valence-corrected chi connectivity index (χ4v) is 0.413. The van der Waals surface area contributed by atoms with E-state index in [2.05, 4.69) is 27.5 Å². The summed E-state index contributed by atoms with van der Waals surface area (Å²) in [6, 6.07) is 0. The van der Waals surface area contributed by atoms with Crippen LogP contribution in [-0.2, 0) is 9.53 Å². The van der Waals surface area contributed by atoms with E-state index in [0.717, 1.165) is 0 Å². The van der Waals surface area contributed by atoms with E-state index >= 15 is 0 Å². The number of carbonyl (C=O) groups excluding carboxylic acids is 1. The fraction of sp³-hybridized carbons (Fsp3) is 0.400. The zero-order valence-electron chi connectivity index (χ0n) is 6.03. The zero-order valence-corrected chi connectivity index (χ0v) is 6.85. The second kappa shape index (κ2) is 5.75. The van der Waals surface area contributed by atoms with Gasteiger partial charge in [0, 0.05) is 7.11 Å². The molecule has 0 bridgehead atoms. The second-order valence-corrected chi connectivity index (χ2v) is 2.07. The van der Waals surface area contributed by atoms with Crippen molar-refractivity contribution in [2.45, 2.75) is 0 Å². The van der Waals surface area contributed by atoms with Gasteiger partial charge in [-0.2, -0.15) is 5.10 Å². The first-order valence-corrected chi connectivity index (χ1v) is 3.17. The van der Waals surface area contributed by atoms with Crippen LogP contribution in [0.5, 0.6) is 0 Å². The molecular weight excluding hydrogens is 166 g/mol. The molecule has 0 fully saturated rings. The van der Waals surface area contributed by atoms with E-state index in [1.54, 1.807) is 0 Å². The van der Waals surface area contributed by atoms with Gasteiger partial charge in [-0.1, -0.05) is 0 Å². The molecule has 0 unspecified atom stereocenters. The standard InChI is InChI=1S/C5H9N3O2S/c1-10-3-4(2-9)7-8-5(6)11/h2H,3H2,1H3,(H3,6,8,11). The lowest BCUT2D eigenvalue weighted by atomic mass is 10.4. The van der Waals surface area contributed by atoms with Gasteiger partial charge in [-0.05, 0) is 12.2 Å². The number of thiocarbonyl (C=S) groups is 1. The first-order chi connectivity index (χ1) is 5.20. The zero-order chi connectivity index (χ0) is 8.69. The van der Waals surface area contributed by atoms with Crippen molar-refractivity contribution in [3.8, 4) is 0 Å². The van der Waals surface area contributed by atoms with E-state index in [-0.39, 0.29) is 17.4 Å². The van der Waals surface area contributed by atoms with Crippen LogP contribution in [0.2, 0.25) is 0 Å². The number of carbonyl (C=O) groups is 1. The number of nitrogens with one attached hydrogen (secondary N) is 1. The van der Waals surface area contributed by atoms with Crippen LogP contribution in [0.25, 0.3) is 0 Å². The average molecular weight is 175 g/mol. The molecule has 62 valence electrons. The summed E-state index contributed by atoms with van der Waals surface area (Å²) in [5, 5.41) is 3.55. The van der Waals surface area contributed by atoms with Crippen LogP contribution in [0.1, 0.15) is 0 Å². The Kier molecular flexibility index (Phi) is 5.22. The molecule has 0 atom stereocenters. The largest absolute Gasteiger partial charge is 0.378 e. The van der Waals surface area contributed by atoms with Crippen LogP contribution < -0.4 is 11.2 Å². The molecule has 0 rings (SSSR count). The van der Waals surface area contributed by atoms with Crippen LogP contribution in [-0.4, -0.2) is 30.8 Å². The summed E-state index contributed by atoms with van der Waals surface area (Å²) in [6.07, 6.45) is 0.564. The fourth-order valence-electron chi connectivity index (χ4n) is 0.367. The van der Waals surface area contributed by atoms with E-state index in [1.807, 2.05) is 0 Å². The summed E-state index contributed by atoms with van der Waals surface area (Å²) in [5.74, 6) is 0. The molecule has 3 N–H and O–H groups in total. The maximum Gasteiger partial charge on any atom is 0.184 e. The SMILES string of the molecule is COCC(C=O)=NNC(N)=S. The van der Waals surface area contributed by atoms with Crippen molar-refractivity contribution in [2.24, 2.45) is 10.8 Å². The van der Waals surface area contributed by atoms with Crippen molar-refractivity contribution in [3.05, 3.63) is 0 Å². The Morgan fingerprint density at radius 2 is 2.55 bits per heavy atom. The summed E-state index contributed by atoms with van der Waals surface area (Å²) in [5.41, 5.74) is 7.52. The van der Waals surface area contributed by atoms with Crippen molar-refractivity contribution in [1.29, 1.82) is 0 Å². The summed E-state index contributed by atoms with van der Waals surface area (Å²) >= 11 is 4.45. The van der Waals surface area contributed by atoms with Crippen LogP contribution >= 0.6 is 12.2 Å². The molecule has 0 radical (unpaired) electrons. The normalized spacial score (nSPS) is 10.8. The van der Waals surface area contributed by atoms with Crippen LogP contribution in [0.3, 0.4) is 0 Å². The molecule has 0 saturated heterocycles. The van der Waals surface area contributed by atoms with Crippen molar-refractivity contribution in [3.63, 3.8) is 0 Å². The highest BCUT2D eigenvalue weighted by Gasteiger charge is 1.94. The maximum absolute atomic E-state index is 10.2. The number of ether oxygens (including phenoxy) is 1. The Morgan fingerprint density at radius 3 is 2.91 bits per heavy atom. The Labute approximate surface area is 69.6 Å². The molecule has 0 aromatic rings. The molecule has 0 aromatic heterocycles. The van der Waals surface area contributed by atoms with Gasteiger partial charge in [0.15, 0.2) is 11.4 Å². The number of methoxy groups -OCH3 is 1. The van der Waals surface area contributed by atoms with Gasteiger partial charge in [0.1, 0.15) is 5.71 Å². The molecule has 0 amide bonds. The predicted octanol–water partition coefficient (Wildman–Crippen LogP) is -0.979. The summed E-state index contributed by atoms with van der Waals surface area (Å²) in [7, 11) is 1.46. The third kappa shape index (κ3) is 5.43. The predicted molar refractivity (Wildman–Crippen MR) is 45.3 cm³/mol. The van der Waals surface area contributed by atoms with E-state index < -0.39 is 0 Å². The quantitative estimate of drug-likeness (QED) is 0.248. The number of hydrogen-bond donors (Lipinski definition) is 2. The van der Waals surface area contributed by atoms with Crippen molar-refractivity contribution in [1.82, 2.24) is 5.43 Å². The van der Waals surface area contributed by atoms with Crippen LogP contribution in [0.4, 0.5) is 0 Å². The first-order valence-electron chi connectivity index (χ1n) is 2.76. The molecule has 6 heteroatoms. The molecule has 0 saturated carbocycles. The molecular formula is C5H9N3O2S. The van der Waals surface area contributed by atoms with Crippen molar-refractivity contribution >= 4 is 29.3 Å².